The lowest BCUT2D eigenvalue weighted by Crippen LogP contribution is -2.66. The van der Waals surface area contributed by atoms with Gasteiger partial charge in [-0.1, -0.05) is 67.9 Å². The number of allylic oxidation sites excluding steroid dienone is 2. The highest BCUT2D eigenvalue weighted by Crippen LogP contribution is 2.77. The fourth-order valence-corrected chi connectivity index (χ4v) is 14.9. The first-order chi connectivity index (χ1) is 26.6. The van der Waals surface area contributed by atoms with Crippen LogP contribution in [-0.2, 0) is 25.7 Å². The van der Waals surface area contributed by atoms with Crippen LogP contribution in [0, 0.1) is 68.0 Å². The fraction of sp³-hybridized carbons (Fsp3) is 0.812. The van der Waals surface area contributed by atoms with Crippen molar-refractivity contribution in [3.8, 4) is 0 Å². The van der Waals surface area contributed by atoms with E-state index in [2.05, 4.69) is 82.3 Å². The van der Waals surface area contributed by atoms with Crippen molar-refractivity contribution in [1.29, 1.82) is 0 Å². The number of carboxylic acid groups (broad SMARTS) is 1. The van der Waals surface area contributed by atoms with Crippen molar-refractivity contribution in [3.05, 3.63) is 35.4 Å². The molecule has 1 aromatic heterocycles. The minimum Gasteiger partial charge on any atom is -0.481 e. The summed E-state index contributed by atoms with van der Waals surface area (Å²) in [6, 6.07) is 0. The molecule has 1 aromatic rings. The SMILES string of the molecule is CC(C)C1=C2[C@H]3CC[C@@H]4[C@@]5(C)CC[C@H](OC(=O)[C@H]6C[C@@H](C(=O)O)C6(C)C)C(C)(C)[C@@H]5CC[C@@]4(C)[C@]3(C)CC[C@@]2(CCN(CCN(C)C)Cc2cncnc2)CC1=O. The average molecular weight is 787 g/mol. The second-order valence-corrected chi connectivity index (χ2v) is 22.3. The van der Waals surface area contributed by atoms with Crippen LogP contribution in [0.2, 0.25) is 0 Å². The molecule has 5 saturated carbocycles. The fourth-order valence-electron chi connectivity index (χ4n) is 14.9. The number of fused-ring (bicyclic) bond motifs is 7. The Bertz CT molecular complexity index is 1760. The molecule has 9 nitrogen and oxygen atoms in total. The first kappa shape index (κ1) is 42.5. The number of esters is 1. The van der Waals surface area contributed by atoms with Crippen LogP contribution in [0.3, 0.4) is 0 Å². The number of hydrogen-bond donors (Lipinski definition) is 1. The number of aliphatic carboxylic acids is 1. The summed E-state index contributed by atoms with van der Waals surface area (Å²) >= 11 is 0. The van der Waals surface area contributed by atoms with Gasteiger partial charge >= 0.3 is 11.9 Å². The van der Waals surface area contributed by atoms with E-state index in [9.17, 15) is 19.5 Å². The second kappa shape index (κ2) is 14.8. The monoisotopic (exact) mass is 787 g/mol. The van der Waals surface area contributed by atoms with Crippen molar-refractivity contribution in [2.75, 3.05) is 33.7 Å². The van der Waals surface area contributed by atoms with Gasteiger partial charge in [0, 0.05) is 54.8 Å². The number of rotatable bonds is 12. The molecule has 0 bridgehead atoms. The highest BCUT2D eigenvalue weighted by atomic mass is 16.5. The van der Waals surface area contributed by atoms with Gasteiger partial charge in [-0.15, -0.1) is 0 Å². The molecule has 316 valence electrons. The zero-order chi connectivity index (χ0) is 41.5. The van der Waals surface area contributed by atoms with Crippen LogP contribution < -0.4 is 0 Å². The maximum Gasteiger partial charge on any atom is 0.309 e. The Hall–Kier alpha value is -2.65. The van der Waals surface area contributed by atoms with Gasteiger partial charge in [-0.05, 0) is 136 Å². The van der Waals surface area contributed by atoms with E-state index < -0.39 is 17.3 Å². The summed E-state index contributed by atoms with van der Waals surface area (Å²) in [6.07, 6.45) is 16.1. The van der Waals surface area contributed by atoms with Gasteiger partial charge in [-0.2, -0.15) is 0 Å². The van der Waals surface area contributed by atoms with E-state index in [0.717, 1.165) is 88.7 Å². The molecule has 0 unspecified atom stereocenters. The summed E-state index contributed by atoms with van der Waals surface area (Å²) in [7, 11) is 4.27. The van der Waals surface area contributed by atoms with Crippen LogP contribution >= 0.6 is 0 Å². The summed E-state index contributed by atoms with van der Waals surface area (Å²) < 4.78 is 6.46. The van der Waals surface area contributed by atoms with E-state index in [0.29, 0.717) is 36.4 Å². The molecule has 0 amide bonds. The van der Waals surface area contributed by atoms with E-state index >= 15 is 0 Å². The van der Waals surface area contributed by atoms with Crippen molar-refractivity contribution >= 4 is 17.7 Å². The maximum atomic E-state index is 14.3. The topological polar surface area (TPSA) is 113 Å². The molecule has 6 aliphatic rings. The Labute approximate surface area is 343 Å². The summed E-state index contributed by atoms with van der Waals surface area (Å²) in [5.74, 6) is 0.159. The normalized spacial score (nSPS) is 39.3. The van der Waals surface area contributed by atoms with Gasteiger partial charge in [-0.25, -0.2) is 9.97 Å². The lowest BCUT2D eigenvalue weighted by atomic mass is 9.33. The summed E-state index contributed by atoms with van der Waals surface area (Å²) in [5, 5.41) is 9.69. The molecule has 0 spiro atoms. The standard InChI is InChI=1S/C48H74N4O5/c1-30(2)39-35(53)25-48(20-21-52(23-22-51(10)11)28-31-26-49-29-50-27-31)19-18-46(8)32(40(39)48)12-13-37-45(7)16-15-38(44(5,6)36(45)14-17-47(37,46)9)57-42(56)34-24-33(41(54)55)43(34,3)4/h26-27,29-30,32-34,36-38H,12-25,28H2,1-11H3,(H,54,55)/t32-,33+,34-,36+,37-,38+,45+,46-,47-,48-/m1/s1. The number of aromatic nitrogens is 2. The number of carbonyl (C=O) groups is 3. The predicted molar refractivity (Wildman–Crippen MR) is 223 cm³/mol. The molecule has 0 radical (unpaired) electrons. The molecule has 9 heteroatoms. The third kappa shape index (κ3) is 6.75. The van der Waals surface area contributed by atoms with Crippen LogP contribution in [0.15, 0.2) is 29.9 Å². The Morgan fingerprint density at radius 3 is 2.18 bits per heavy atom. The van der Waals surface area contributed by atoms with Gasteiger partial charge in [0.1, 0.15) is 12.4 Å². The Morgan fingerprint density at radius 2 is 1.54 bits per heavy atom. The molecule has 6 aliphatic carbocycles. The number of likely N-dealkylation sites (N-methyl/N-ethyl adjacent to an activating group) is 1. The van der Waals surface area contributed by atoms with Crippen molar-refractivity contribution in [3.63, 3.8) is 0 Å². The zero-order valence-corrected chi connectivity index (χ0v) is 37.2. The van der Waals surface area contributed by atoms with E-state index in [1.54, 1.807) is 11.9 Å². The van der Waals surface area contributed by atoms with Crippen LogP contribution in [0.4, 0.5) is 0 Å². The zero-order valence-electron chi connectivity index (χ0n) is 37.2. The molecule has 57 heavy (non-hydrogen) atoms. The lowest BCUT2D eigenvalue weighted by Gasteiger charge is -2.72. The molecule has 0 saturated heterocycles. The summed E-state index contributed by atoms with van der Waals surface area (Å²) in [5.41, 5.74) is 3.37. The number of carboxylic acids is 1. The largest absolute Gasteiger partial charge is 0.481 e. The molecule has 7 rings (SSSR count). The lowest BCUT2D eigenvalue weighted by molar-refractivity contribution is -0.236. The molecule has 5 fully saturated rings. The highest BCUT2D eigenvalue weighted by molar-refractivity contribution is 6.00. The molecule has 10 atom stereocenters. The van der Waals surface area contributed by atoms with Gasteiger partial charge in [0.25, 0.3) is 0 Å². The van der Waals surface area contributed by atoms with Crippen molar-refractivity contribution in [2.24, 2.45) is 68.0 Å². The Morgan fingerprint density at radius 1 is 0.842 bits per heavy atom. The van der Waals surface area contributed by atoms with Crippen molar-refractivity contribution < 1.29 is 24.2 Å². The molecular weight excluding hydrogens is 713 g/mol. The van der Waals surface area contributed by atoms with Gasteiger partial charge < -0.3 is 14.7 Å². The van der Waals surface area contributed by atoms with Crippen LogP contribution in [0.1, 0.15) is 139 Å². The third-order valence-electron chi connectivity index (χ3n) is 18.4. The number of nitrogens with zero attached hydrogens (tertiary/aromatic N) is 4. The van der Waals surface area contributed by atoms with E-state index in [4.69, 9.17) is 4.74 Å². The first-order valence-corrected chi connectivity index (χ1v) is 22.4. The number of ether oxygens (including phenoxy) is 1. The minimum absolute atomic E-state index is 0.0713. The molecule has 0 aliphatic heterocycles. The number of ketones is 1. The van der Waals surface area contributed by atoms with Gasteiger partial charge in [0.05, 0.1) is 11.8 Å². The van der Waals surface area contributed by atoms with E-state index in [-0.39, 0.29) is 51.0 Å². The minimum atomic E-state index is -0.816. The predicted octanol–water partition coefficient (Wildman–Crippen LogP) is 8.87. The van der Waals surface area contributed by atoms with Crippen LogP contribution in [0.25, 0.3) is 0 Å². The molecule has 1 N–H and O–H groups in total. The highest BCUT2D eigenvalue weighted by Gasteiger charge is 2.70. The quantitative estimate of drug-likeness (QED) is 0.208. The van der Waals surface area contributed by atoms with Gasteiger partial charge in [0.2, 0.25) is 0 Å². The first-order valence-electron chi connectivity index (χ1n) is 22.4. The van der Waals surface area contributed by atoms with E-state index in [1.807, 2.05) is 26.2 Å². The van der Waals surface area contributed by atoms with Crippen LogP contribution in [-0.4, -0.2) is 82.4 Å². The summed E-state index contributed by atoms with van der Waals surface area (Å²) in [4.78, 5) is 53.2. The molecule has 0 aromatic carbocycles. The number of Topliss-reactive ketones (excluding diaryl/α,β-unsaturated/α-hetero) is 1. The smallest absolute Gasteiger partial charge is 0.309 e. The number of hydrogen-bond acceptors (Lipinski definition) is 8. The second-order valence-electron chi connectivity index (χ2n) is 22.3. The van der Waals surface area contributed by atoms with E-state index in [1.165, 1.54) is 6.42 Å². The number of carbonyl (C=O) groups excluding carboxylic acids is 2. The van der Waals surface area contributed by atoms with Crippen molar-refractivity contribution in [1.82, 2.24) is 19.8 Å². The Kier molecular flexibility index (Phi) is 11.0. The molecular formula is C48H74N4O5. The third-order valence-corrected chi connectivity index (χ3v) is 18.4. The maximum absolute atomic E-state index is 14.3. The Balaban J connectivity index is 1.13. The van der Waals surface area contributed by atoms with Gasteiger partial charge in [-0.3, -0.25) is 19.3 Å². The summed E-state index contributed by atoms with van der Waals surface area (Å²) in [6.45, 7) is 24.6. The van der Waals surface area contributed by atoms with Crippen molar-refractivity contribution in [2.45, 2.75) is 146 Å². The molecule has 1 heterocycles. The average Bonchev–Trinajstić information content (AvgIpc) is 3.43. The van der Waals surface area contributed by atoms with Crippen LogP contribution in [0.5, 0.6) is 0 Å². The van der Waals surface area contributed by atoms with Gasteiger partial charge in [0.15, 0.2) is 5.78 Å².